The Labute approximate surface area is 109 Å². The maximum Gasteiger partial charge on any atom is 0.313 e. The number of amides is 1. The zero-order chi connectivity index (χ0) is 13.3. The van der Waals surface area contributed by atoms with E-state index >= 15 is 0 Å². The van der Waals surface area contributed by atoms with E-state index in [1.54, 1.807) is 18.1 Å². The van der Waals surface area contributed by atoms with Crippen molar-refractivity contribution in [3.63, 3.8) is 0 Å². The van der Waals surface area contributed by atoms with Gasteiger partial charge in [-0.05, 0) is 13.3 Å². The maximum absolute atomic E-state index is 12.0. The van der Waals surface area contributed by atoms with Gasteiger partial charge in [-0.1, -0.05) is 11.8 Å². The molecule has 7 heteroatoms. The van der Waals surface area contributed by atoms with E-state index in [1.165, 1.54) is 0 Å². The number of rotatable bonds is 4. The highest BCUT2D eigenvalue weighted by Gasteiger charge is 2.32. The first-order valence-corrected chi connectivity index (χ1v) is 6.62. The van der Waals surface area contributed by atoms with Crippen LogP contribution in [-0.4, -0.2) is 50.8 Å². The van der Waals surface area contributed by atoms with Crippen molar-refractivity contribution in [3.8, 4) is 0 Å². The number of nitrogens with zero attached hydrogens (tertiary/aromatic N) is 3. The molecule has 1 N–H and O–H groups in total. The molecule has 1 aromatic rings. The smallest absolute Gasteiger partial charge is 0.313 e. The number of hydrogen-bond donors (Lipinski definition) is 1. The number of carbonyl (C=O) groups excluding carboxylic acids is 1. The van der Waals surface area contributed by atoms with Crippen LogP contribution < -0.4 is 0 Å². The molecule has 2 rings (SSSR count). The Bertz CT molecular complexity index is 486. The van der Waals surface area contributed by atoms with Crippen LogP contribution in [-0.2, 0) is 9.59 Å². The molecule has 98 valence electrons. The summed E-state index contributed by atoms with van der Waals surface area (Å²) in [5, 5.41) is 9.30. The molecular formula is C11H15N3O3S. The Hall–Kier alpha value is -1.50. The first-order chi connectivity index (χ1) is 8.50. The summed E-state index contributed by atoms with van der Waals surface area (Å²) in [5.41, 5.74) is 0.886. The largest absolute Gasteiger partial charge is 0.481 e. The number of carboxylic acids is 1. The summed E-state index contributed by atoms with van der Waals surface area (Å²) in [6.45, 7) is 2.60. The molecule has 1 aliphatic heterocycles. The molecule has 0 aromatic carbocycles. The minimum Gasteiger partial charge on any atom is -0.481 e. The van der Waals surface area contributed by atoms with Gasteiger partial charge in [-0.25, -0.2) is 4.98 Å². The maximum atomic E-state index is 12.0. The fourth-order valence-electron chi connectivity index (χ4n) is 2.08. The average molecular weight is 269 g/mol. The number of hydrogen-bond acceptors (Lipinski definition) is 4. The van der Waals surface area contributed by atoms with Crippen molar-refractivity contribution in [2.75, 3.05) is 19.3 Å². The number of likely N-dealkylation sites (tertiary alicyclic amines) is 1. The lowest BCUT2D eigenvalue weighted by Crippen LogP contribution is -2.25. The standard InChI is InChI=1S/C11H15N3O3S/c1-7-5-12-11(18-6-9(15)16)14(7)8-3-4-13(2)10(8)17/h5,8H,3-4,6H2,1-2H3,(H,15,16). The molecule has 1 saturated heterocycles. The van der Waals surface area contributed by atoms with Crippen LogP contribution in [0.15, 0.2) is 11.4 Å². The third-order valence-electron chi connectivity index (χ3n) is 2.98. The summed E-state index contributed by atoms with van der Waals surface area (Å²) < 4.78 is 1.85. The second-order valence-corrected chi connectivity index (χ2v) is 5.24. The zero-order valence-corrected chi connectivity index (χ0v) is 11.1. The van der Waals surface area contributed by atoms with E-state index in [4.69, 9.17) is 5.11 Å². The molecule has 0 aliphatic carbocycles. The van der Waals surface area contributed by atoms with Crippen molar-refractivity contribution in [1.82, 2.24) is 14.5 Å². The Balaban J connectivity index is 2.24. The van der Waals surface area contributed by atoms with Gasteiger partial charge in [0.1, 0.15) is 6.04 Å². The van der Waals surface area contributed by atoms with Crippen molar-refractivity contribution < 1.29 is 14.7 Å². The normalized spacial score (nSPS) is 19.6. The Morgan fingerprint density at radius 3 is 2.94 bits per heavy atom. The second-order valence-electron chi connectivity index (χ2n) is 4.30. The summed E-state index contributed by atoms with van der Waals surface area (Å²) in [4.78, 5) is 28.5. The third-order valence-corrected chi connectivity index (χ3v) is 3.94. The van der Waals surface area contributed by atoms with Gasteiger partial charge in [-0.15, -0.1) is 0 Å². The Morgan fingerprint density at radius 2 is 2.39 bits per heavy atom. The fourth-order valence-corrected chi connectivity index (χ4v) is 2.87. The first-order valence-electron chi connectivity index (χ1n) is 5.64. The van der Waals surface area contributed by atoms with E-state index in [0.717, 1.165) is 30.4 Å². The van der Waals surface area contributed by atoms with Gasteiger partial charge in [0.2, 0.25) is 5.91 Å². The summed E-state index contributed by atoms with van der Waals surface area (Å²) in [6.07, 6.45) is 2.42. The monoisotopic (exact) mass is 269 g/mol. The van der Waals surface area contributed by atoms with Gasteiger partial charge in [-0.2, -0.15) is 0 Å². The van der Waals surface area contributed by atoms with Crippen LogP contribution in [0.2, 0.25) is 0 Å². The number of aliphatic carboxylic acids is 1. The first kappa shape index (κ1) is 12.9. The highest BCUT2D eigenvalue weighted by Crippen LogP contribution is 2.29. The zero-order valence-electron chi connectivity index (χ0n) is 10.3. The second kappa shape index (κ2) is 5.01. The van der Waals surface area contributed by atoms with Crippen LogP contribution in [0.5, 0.6) is 0 Å². The molecule has 1 atom stereocenters. The summed E-state index contributed by atoms with van der Waals surface area (Å²) in [6, 6.07) is -0.242. The van der Waals surface area contributed by atoms with E-state index < -0.39 is 5.97 Å². The van der Waals surface area contributed by atoms with Crippen LogP contribution >= 0.6 is 11.8 Å². The molecular weight excluding hydrogens is 254 g/mol. The highest BCUT2D eigenvalue weighted by molar-refractivity contribution is 7.99. The molecule has 18 heavy (non-hydrogen) atoms. The molecule has 1 fully saturated rings. The van der Waals surface area contributed by atoms with Gasteiger partial charge >= 0.3 is 5.97 Å². The molecule has 0 bridgehead atoms. The van der Waals surface area contributed by atoms with Crippen molar-refractivity contribution in [2.45, 2.75) is 24.5 Å². The molecule has 0 saturated carbocycles. The highest BCUT2D eigenvalue weighted by atomic mass is 32.2. The quantitative estimate of drug-likeness (QED) is 0.817. The number of thioether (sulfide) groups is 1. The SMILES string of the molecule is Cc1cnc(SCC(=O)O)n1C1CCN(C)C1=O. The predicted octanol–water partition coefficient (Wildman–Crippen LogP) is 0.771. The minimum absolute atomic E-state index is 0.0484. The lowest BCUT2D eigenvalue weighted by molar-refractivity contribution is -0.134. The van der Waals surface area contributed by atoms with E-state index in [9.17, 15) is 9.59 Å². The number of likely N-dealkylation sites (N-methyl/N-ethyl adjacent to an activating group) is 1. The van der Waals surface area contributed by atoms with Gasteiger partial charge in [0, 0.05) is 25.5 Å². The van der Waals surface area contributed by atoms with E-state index in [0.29, 0.717) is 5.16 Å². The van der Waals surface area contributed by atoms with Crippen LogP contribution in [0.3, 0.4) is 0 Å². The van der Waals surface area contributed by atoms with Crippen molar-refractivity contribution in [3.05, 3.63) is 11.9 Å². The molecule has 1 amide bonds. The summed E-state index contributed by atoms with van der Waals surface area (Å²) in [5.74, 6) is -0.872. The molecule has 6 nitrogen and oxygen atoms in total. The average Bonchev–Trinajstić information content (AvgIpc) is 2.82. The van der Waals surface area contributed by atoms with Gasteiger partial charge in [0.05, 0.1) is 5.75 Å². The predicted molar refractivity (Wildman–Crippen MR) is 66.6 cm³/mol. The molecule has 1 unspecified atom stereocenters. The van der Waals surface area contributed by atoms with Crippen LogP contribution in [0.4, 0.5) is 0 Å². The third kappa shape index (κ3) is 2.35. The van der Waals surface area contributed by atoms with Crippen LogP contribution in [0.1, 0.15) is 18.2 Å². The van der Waals surface area contributed by atoms with Crippen molar-refractivity contribution in [2.24, 2.45) is 0 Å². The van der Waals surface area contributed by atoms with Gasteiger partial charge < -0.3 is 14.6 Å². The topological polar surface area (TPSA) is 75.4 Å². The van der Waals surface area contributed by atoms with Crippen LogP contribution in [0.25, 0.3) is 0 Å². The van der Waals surface area contributed by atoms with Gasteiger partial charge in [0.25, 0.3) is 0 Å². The van der Waals surface area contributed by atoms with Gasteiger partial charge in [-0.3, -0.25) is 9.59 Å². The van der Waals surface area contributed by atoms with Gasteiger partial charge in [0.15, 0.2) is 5.16 Å². The summed E-state index contributed by atoms with van der Waals surface area (Å²) >= 11 is 1.15. The number of aromatic nitrogens is 2. The van der Waals surface area contributed by atoms with E-state index in [1.807, 2.05) is 11.5 Å². The fraction of sp³-hybridized carbons (Fsp3) is 0.545. The molecule has 0 spiro atoms. The molecule has 1 aliphatic rings. The number of carboxylic acid groups (broad SMARTS) is 1. The Kier molecular flexibility index (Phi) is 3.60. The molecule has 2 heterocycles. The number of carbonyl (C=O) groups is 2. The van der Waals surface area contributed by atoms with E-state index in [2.05, 4.69) is 4.98 Å². The Morgan fingerprint density at radius 1 is 1.67 bits per heavy atom. The van der Waals surface area contributed by atoms with E-state index in [-0.39, 0.29) is 17.7 Å². The minimum atomic E-state index is -0.887. The number of aryl methyl sites for hydroxylation is 1. The molecule has 0 radical (unpaired) electrons. The number of imidazole rings is 1. The lowest BCUT2D eigenvalue weighted by Gasteiger charge is -2.15. The lowest BCUT2D eigenvalue weighted by atomic mass is 10.2. The van der Waals surface area contributed by atoms with Crippen molar-refractivity contribution >= 4 is 23.6 Å². The van der Waals surface area contributed by atoms with Crippen molar-refractivity contribution in [1.29, 1.82) is 0 Å². The van der Waals surface area contributed by atoms with Crippen LogP contribution in [0, 0.1) is 6.92 Å². The molecule has 1 aromatic heterocycles. The summed E-state index contributed by atoms with van der Waals surface area (Å²) in [7, 11) is 1.78.